The third kappa shape index (κ3) is 2.14. The molecule has 1 aromatic heterocycles. The van der Waals surface area contributed by atoms with Crippen LogP contribution in [0.1, 0.15) is 24.6 Å². The van der Waals surface area contributed by atoms with E-state index in [9.17, 15) is 13.2 Å². The maximum atomic E-state index is 12.6. The molecular formula is C9H12F3N3. The minimum atomic E-state index is -4.30. The molecule has 0 aliphatic carbocycles. The first-order chi connectivity index (χ1) is 7.09. The number of halogens is 3. The van der Waals surface area contributed by atoms with E-state index in [0.717, 1.165) is 23.8 Å². The summed E-state index contributed by atoms with van der Waals surface area (Å²) in [4.78, 5) is 0. The van der Waals surface area contributed by atoms with Gasteiger partial charge in [-0.1, -0.05) is 0 Å². The number of hydrogen-bond donors (Lipinski definition) is 1. The minimum Gasteiger partial charge on any atom is -0.317 e. The summed E-state index contributed by atoms with van der Waals surface area (Å²) < 4.78 is 38.8. The van der Waals surface area contributed by atoms with E-state index in [1.165, 1.54) is 6.20 Å². The molecule has 1 N–H and O–H groups in total. The van der Waals surface area contributed by atoms with Gasteiger partial charge >= 0.3 is 6.18 Å². The van der Waals surface area contributed by atoms with E-state index in [-0.39, 0.29) is 6.04 Å². The SMILES string of the molecule is FC(F)(F)c1ccnn1C1CCNCC1. The monoisotopic (exact) mass is 219 g/mol. The average molecular weight is 219 g/mol. The van der Waals surface area contributed by atoms with Crippen molar-refractivity contribution in [3.05, 3.63) is 18.0 Å². The molecule has 2 rings (SSSR count). The standard InChI is InChI=1S/C9H12F3N3/c10-9(11,12)8-3-6-14-15(8)7-1-4-13-5-2-7/h3,6-7,13H,1-2,4-5H2. The lowest BCUT2D eigenvalue weighted by atomic mass is 10.1. The number of piperidine rings is 1. The topological polar surface area (TPSA) is 29.9 Å². The molecule has 0 spiro atoms. The van der Waals surface area contributed by atoms with Crippen LogP contribution in [0.4, 0.5) is 13.2 Å². The highest BCUT2D eigenvalue weighted by Gasteiger charge is 2.36. The zero-order valence-electron chi connectivity index (χ0n) is 8.09. The second-order valence-electron chi connectivity index (χ2n) is 3.64. The summed E-state index contributed by atoms with van der Waals surface area (Å²) in [6.07, 6.45) is -1.69. The summed E-state index contributed by atoms with van der Waals surface area (Å²) in [5.41, 5.74) is -0.644. The van der Waals surface area contributed by atoms with Gasteiger partial charge in [0.05, 0.1) is 6.04 Å². The van der Waals surface area contributed by atoms with Gasteiger partial charge in [-0.2, -0.15) is 18.3 Å². The third-order valence-electron chi connectivity index (χ3n) is 2.62. The number of aromatic nitrogens is 2. The molecule has 0 atom stereocenters. The lowest BCUT2D eigenvalue weighted by molar-refractivity contribution is -0.145. The molecular weight excluding hydrogens is 207 g/mol. The van der Waals surface area contributed by atoms with Gasteiger partial charge in [0.25, 0.3) is 0 Å². The summed E-state index contributed by atoms with van der Waals surface area (Å²) in [7, 11) is 0. The molecule has 0 radical (unpaired) electrons. The summed E-state index contributed by atoms with van der Waals surface area (Å²) in [6, 6.07) is 0.903. The average Bonchev–Trinajstić information content (AvgIpc) is 2.67. The van der Waals surface area contributed by atoms with Gasteiger partial charge in [-0.15, -0.1) is 0 Å². The Morgan fingerprint density at radius 2 is 2.00 bits per heavy atom. The van der Waals surface area contributed by atoms with E-state index in [4.69, 9.17) is 0 Å². The van der Waals surface area contributed by atoms with Gasteiger partial charge in [-0.05, 0) is 32.0 Å². The maximum absolute atomic E-state index is 12.6. The molecule has 1 aromatic rings. The van der Waals surface area contributed by atoms with Crippen molar-refractivity contribution in [2.75, 3.05) is 13.1 Å². The molecule has 0 unspecified atom stereocenters. The summed E-state index contributed by atoms with van der Waals surface area (Å²) in [5.74, 6) is 0. The Hall–Kier alpha value is -1.04. The molecule has 0 amide bonds. The van der Waals surface area contributed by atoms with Crippen molar-refractivity contribution in [1.29, 1.82) is 0 Å². The van der Waals surface area contributed by atoms with Crippen LogP contribution in [0.25, 0.3) is 0 Å². The summed E-state index contributed by atoms with van der Waals surface area (Å²) in [5, 5.41) is 6.89. The van der Waals surface area contributed by atoms with Crippen LogP contribution < -0.4 is 5.32 Å². The van der Waals surface area contributed by atoms with Gasteiger partial charge in [-0.25, -0.2) is 0 Å². The molecule has 2 heterocycles. The minimum absolute atomic E-state index is 0.127. The fourth-order valence-electron chi connectivity index (χ4n) is 1.88. The molecule has 15 heavy (non-hydrogen) atoms. The van der Waals surface area contributed by atoms with Gasteiger partial charge in [0.1, 0.15) is 5.69 Å². The highest BCUT2D eigenvalue weighted by molar-refractivity contribution is 5.06. The number of rotatable bonds is 1. The van der Waals surface area contributed by atoms with E-state index in [1.54, 1.807) is 0 Å². The van der Waals surface area contributed by atoms with E-state index >= 15 is 0 Å². The van der Waals surface area contributed by atoms with Gasteiger partial charge in [-0.3, -0.25) is 4.68 Å². The molecule has 1 aliphatic heterocycles. The van der Waals surface area contributed by atoms with E-state index in [1.807, 2.05) is 0 Å². The number of nitrogens with zero attached hydrogens (tertiary/aromatic N) is 2. The van der Waals surface area contributed by atoms with Gasteiger partial charge in [0.2, 0.25) is 0 Å². The van der Waals surface area contributed by atoms with Crippen molar-refractivity contribution in [1.82, 2.24) is 15.1 Å². The molecule has 84 valence electrons. The van der Waals surface area contributed by atoms with E-state index < -0.39 is 11.9 Å². The molecule has 0 aromatic carbocycles. The van der Waals surface area contributed by atoms with Gasteiger partial charge < -0.3 is 5.32 Å². The Morgan fingerprint density at radius 1 is 1.33 bits per heavy atom. The van der Waals surface area contributed by atoms with Crippen LogP contribution in [-0.2, 0) is 6.18 Å². The van der Waals surface area contributed by atoms with Crippen LogP contribution in [0, 0.1) is 0 Å². The lowest BCUT2D eigenvalue weighted by Gasteiger charge is -2.25. The Kier molecular flexibility index (Phi) is 2.68. The fourth-order valence-corrected chi connectivity index (χ4v) is 1.88. The first-order valence-corrected chi connectivity index (χ1v) is 4.90. The zero-order chi connectivity index (χ0) is 10.9. The first kappa shape index (κ1) is 10.5. The first-order valence-electron chi connectivity index (χ1n) is 4.90. The second kappa shape index (κ2) is 3.84. The molecule has 3 nitrogen and oxygen atoms in total. The number of nitrogens with one attached hydrogen (secondary N) is 1. The molecule has 0 bridgehead atoms. The Bertz CT molecular complexity index is 326. The Labute approximate surface area is 85.3 Å². The second-order valence-corrected chi connectivity index (χ2v) is 3.64. The van der Waals surface area contributed by atoms with E-state index in [2.05, 4.69) is 10.4 Å². The van der Waals surface area contributed by atoms with Crippen molar-refractivity contribution < 1.29 is 13.2 Å². The maximum Gasteiger partial charge on any atom is 0.433 e. The van der Waals surface area contributed by atoms with Crippen molar-refractivity contribution in [2.24, 2.45) is 0 Å². The third-order valence-corrected chi connectivity index (χ3v) is 2.62. The normalized spacial score (nSPS) is 19.4. The molecule has 1 fully saturated rings. The van der Waals surface area contributed by atoms with Crippen molar-refractivity contribution in [3.63, 3.8) is 0 Å². The number of alkyl halides is 3. The quantitative estimate of drug-likeness (QED) is 0.780. The highest BCUT2D eigenvalue weighted by Crippen LogP contribution is 2.32. The largest absolute Gasteiger partial charge is 0.433 e. The van der Waals surface area contributed by atoms with E-state index in [0.29, 0.717) is 12.8 Å². The van der Waals surface area contributed by atoms with Crippen molar-refractivity contribution in [2.45, 2.75) is 25.1 Å². The molecule has 0 saturated carbocycles. The van der Waals surface area contributed by atoms with Crippen molar-refractivity contribution >= 4 is 0 Å². The Balaban J connectivity index is 2.24. The summed E-state index contributed by atoms with van der Waals surface area (Å²) in [6.45, 7) is 1.50. The number of hydrogen-bond acceptors (Lipinski definition) is 2. The van der Waals surface area contributed by atoms with Gasteiger partial charge in [0, 0.05) is 6.20 Å². The predicted molar refractivity (Wildman–Crippen MR) is 48.4 cm³/mol. The van der Waals surface area contributed by atoms with Crippen LogP contribution in [0.5, 0.6) is 0 Å². The van der Waals surface area contributed by atoms with Crippen LogP contribution in [-0.4, -0.2) is 22.9 Å². The molecule has 6 heteroatoms. The highest BCUT2D eigenvalue weighted by atomic mass is 19.4. The fraction of sp³-hybridized carbons (Fsp3) is 0.667. The van der Waals surface area contributed by atoms with Crippen LogP contribution in [0.3, 0.4) is 0 Å². The molecule has 1 aliphatic rings. The summed E-state index contributed by atoms with van der Waals surface area (Å²) >= 11 is 0. The van der Waals surface area contributed by atoms with Crippen LogP contribution in [0.15, 0.2) is 12.3 Å². The van der Waals surface area contributed by atoms with Gasteiger partial charge in [0.15, 0.2) is 0 Å². The predicted octanol–water partition coefficient (Wildman–Crippen LogP) is 1.83. The zero-order valence-corrected chi connectivity index (χ0v) is 8.09. The van der Waals surface area contributed by atoms with Crippen LogP contribution in [0.2, 0.25) is 0 Å². The lowest BCUT2D eigenvalue weighted by Crippen LogP contribution is -2.31. The molecule has 1 saturated heterocycles. The van der Waals surface area contributed by atoms with Crippen LogP contribution >= 0.6 is 0 Å². The van der Waals surface area contributed by atoms with Crippen molar-refractivity contribution in [3.8, 4) is 0 Å². The smallest absolute Gasteiger partial charge is 0.317 e. The Morgan fingerprint density at radius 3 is 2.60 bits per heavy atom.